The number of benzene rings is 1. The Morgan fingerprint density at radius 1 is 1.15 bits per heavy atom. The molecule has 0 aliphatic heterocycles. The van der Waals surface area contributed by atoms with Crippen LogP contribution in [-0.2, 0) is 16.2 Å². The number of hydrogen-bond acceptors (Lipinski definition) is 5. The predicted octanol–water partition coefficient (Wildman–Crippen LogP) is 3.97. The van der Waals surface area contributed by atoms with Crippen molar-refractivity contribution in [2.45, 2.75) is 10.4 Å². The zero-order chi connectivity index (χ0) is 18.9. The topological polar surface area (TPSA) is 84.1 Å². The van der Waals surface area contributed by atoms with Gasteiger partial charge in [0.2, 0.25) is 0 Å². The second-order valence-corrected chi connectivity index (χ2v) is 8.11. The summed E-state index contributed by atoms with van der Waals surface area (Å²) >= 11 is 0.819. The molecule has 2 N–H and O–H groups in total. The van der Waals surface area contributed by atoms with E-state index in [1.165, 1.54) is 31.4 Å². The van der Waals surface area contributed by atoms with Crippen molar-refractivity contribution in [3.05, 3.63) is 48.2 Å². The third-order valence-electron chi connectivity index (χ3n) is 3.32. The highest BCUT2D eigenvalue weighted by Gasteiger charge is 2.33. The van der Waals surface area contributed by atoms with E-state index in [4.69, 9.17) is 4.74 Å². The van der Waals surface area contributed by atoms with E-state index >= 15 is 0 Å². The van der Waals surface area contributed by atoms with Crippen molar-refractivity contribution in [1.82, 2.24) is 10.2 Å². The molecule has 0 unspecified atom stereocenters. The van der Waals surface area contributed by atoms with Crippen LogP contribution in [0.15, 0.2) is 46.7 Å². The molecule has 0 radical (unpaired) electrons. The summed E-state index contributed by atoms with van der Waals surface area (Å²) in [6.45, 7) is 0. The van der Waals surface area contributed by atoms with Crippen LogP contribution in [0.5, 0.6) is 5.75 Å². The highest BCUT2D eigenvalue weighted by molar-refractivity contribution is 7.94. The number of anilines is 1. The number of methoxy groups -OCH3 is 1. The van der Waals surface area contributed by atoms with E-state index in [1.807, 2.05) is 5.10 Å². The molecule has 0 aliphatic carbocycles. The molecule has 0 aliphatic rings. The van der Waals surface area contributed by atoms with Gasteiger partial charge in [-0.1, -0.05) is 0 Å². The van der Waals surface area contributed by atoms with Crippen molar-refractivity contribution in [1.29, 1.82) is 0 Å². The van der Waals surface area contributed by atoms with E-state index < -0.39 is 21.9 Å². The summed E-state index contributed by atoms with van der Waals surface area (Å²) in [6.07, 6.45) is -4.55. The Morgan fingerprint density at radius 2 is 1.85 bits per heavy atom. The number of nitrogens with zero attached hydrogens (tertiary/aromatic N) is 1. The summed E-state index contributed by atoms with van der Waals surface area (Å²) in [5.41, 5.74) is -0.644. The molecule has 0 saturated carbocycles. The molecule has 0 spiro atoms. The van der Waals surface area contributed by atoms with Gasteiger partial charge in [0.15, 0.2) is 0 Å². The molecule has 1 aromatic carbocycles. The number of rotatable bonds is 5. The first-order valence-corrected chi connectivity index (χ1v) is 9.39. The van der Waals surface area contributed by atoms with Gasteiger partial charge in [0, 0.05) is 5.69 Å². The number of sulfonamides is 1. The minimum atomic E-state index is -4.55. The highest BCUT2D eigenvalue weighted by Crippen LogP contribution is 2.34. The van der Waals surface area contributed by atoms with Crippen molar-refractivity contribution in [3.8, 4) is 16.3 Å². The van der Waals surface area contributed by atoms with Crippen LogP contribution in [0.2, 0.25) is 0 Å². The Morgan fingerprint density at radius 3 is 2.42 bits per heavy atom. The molecule has 2 aromatic heterocycles. The lowest BCUT2D eigenvalue weighted by Gasteiger charge is -2.06. The SMILES string of the molecule is COc1ccc(NS(=O)(=O)c2ccc(-c3cc(C(F)(F)F)[nH]n3)s2)cc1. The Hall–Kier alpha value is -2.53. The van der Waals surface area contributed by atoms with Crippen LogP contribution in [0.4, 0.5) is 18.9 Å². The largest absolute Gasteiger partial charge is 0.497 e. The Labute approximate surface area is 150 Å². The zero-order valence-corrected chi connectivity index (χ0v) is 14.8. The molecule has 0 amide bonds. The van der Waals surface area contributed by atoms with Crippen LogP contribution in [-0.4, -0.2) is 25.7 Å². The number of ether oxygens (including phenoxy) is 1. The number of hydrogen-bond donors (Lipinski definition) is 2. The Kier molecular flexibility index (Phi) is 4.67. The Bertz CT molecular complexity index is 1010. The average molecular weight is 403 g/mol. The first kappa shape index (κ1) is 18.3. The summed E-state index contributed by atoms with van der Waals surface area (Å²) in [5, 5.41) is 5.49. The summed E-state index contributed by atoms with van der Waals surface area (Å²) in [5.74, 6) is 0.574. The molecule has 26 heavy (non-hydrogen) atoms. The van der Waals surface area contributed by atoms with Gasteiger partial charge in [0.05, 0.1) is 12.0 Å². The maximum Gasteiger partial charge on any atom is 0.432 e. The molecule has 3 aromatic rings. The van der Waals surface area contributed by atoms with Gasteiger partial charge in [-0.2, -0.15) is 18.3 Å². The molecule has 3 rings (SSSR count). The first-order valence-electron chi connectivity index (χ1n) is 7.09. The van der Waals surface area contributed by atoms with Gasteiger partial charge in [0.1, 0.15) is 21.3 Å². The fourth-order valence-electron chi connectivity index (χ4n) is 2.06. The lowest BCUT2D eigenvalue weighted by atomic mass is 10.3. The first-order chi connectivity index (χ1) is 12.2. The van der Waals surface area contributed by atoms with Crippen molar-refractivity contribution < 1.29 is 26.3 Å². The van der Waals surface area contributed by atoms with Crippen molar-refractivity contribution >= 4 is 27.0 Å². The van der Waals surface area contributed by atoms with Crippen LogP contribution in [0.25, 0.3) is 10.6 Å². The van der Waals surface area contributed by atoms with E-state index in [9.17, 15) is 21.6 Å². The standard InChI is InChI=1S/C15H12F3N3O3S2/c1-24-10-4-2-9(3-5-10)21-26(22,23)14-7-6-12(25-14)11-8-13(20-19-11)15(16,17)18/h2-8,21H,1H3,(H,19,20). The normalized spacial score (nSPS) is 12.2. The monoisotopic (exact) mass is 403 g/mol. The van der Waals surface area contributed by atoms with E-state index in [0.717, 1.165) is 17.4 Å². The van der Waals surface area contributed by atoms with Gasteiger partial charge in [-0.25, -0.2) is 8.42 Å². The minimum Gasteiger partial charge on any atom is -0.497 e. The fraction of sp³-hybridized carbons (Fsp3) is 0.133. The molecule has 0 saturated heterocycles. The van der Waals surface area contributed by atoms with E-state index in [-0.39, 0.29) is 9.90 Å². The average Bonchev–Trinajstić information content (AvgIpc) is 3.24. The molecule has 0 fully saturated rings. The van der Waals surface area contributed by atoms with E-state index in [2.05, 4.69) is 9.82 Å². The zero-order valence-electron chi connectivity index (χ0n) is 13.2. The van der Waals surface area contributed by atoms with Crippen molar-refractivity contribution in [2.24, 2.45) is 0 Å². The maximum absolute atomic E-state index is 12.6. The maximum atomic E-state index is 12.6. The fourth-order valence-corrected chi connectivity index (χ4v) is 4.39. The molecule has 2 heterocycles. The van der Waals surface area contributed by atoms with Crippen LogP contribution in [0, 0.1) is 0 Å². The Balaban J connectivity index is 1.82. The van der Waals surface area contributed by atoms with Gasteiger partial charge in [-0.3, -0.25) is 9.82 Å². The number of halogens is 3. The second-order valence-electron chi connectivity index (χ2n) is 5.12. The molecular weight excluding hydrogens is 391 g/mol. The lowest BCUT2D eigenvalue weighted by Crippen LogP contribution is -2.11. The molecule has 0 atom stereocenters. The van der Waals surface area contributed by atoms with Gasteiger partial charge < -0.3 is 4.74 Å². The van der Waals surface area contributed by atoms with Gasteiger partial charge in [-0.05, 0) is 42.5 Å². The summed E-state index contributed by atoms with van der Waals surface area (Å²) in [4.78, 5) is 0.298. The number of alkyl halides is 3. The van der Waals surface area contributed by atoms with Gasteiger partial charge in [0.25, 0.3) is 10.0 Å². The van der Waals surface area contributed by atoms with Crippen LogP contribution >= 0.6 is 11.3 Å². The second kappa shape index (κ2) is 6.65. The molecule has 11 heteroatoms. The van der Waals surface area contributed by atoms with Crippen LogP contribution in [0.1, 0.15) is 5.69 Å². The summed E-state index contributed by atoms with van der Waals surface area (Å²) in [6, 6.07) is 9.82. The van der Waals surface area contributed by atoms with Gasteiger partial charge in [-0.15, -0.1) is 11.3 Å². The number of thiophene rings is 1. The molecule has 6 nitrogen and oxygen atoms in total. The lowest BCUT2D eigenvalue weighted by molar-refractivity contribution is -0.141. The van der Waals surface area contributed by atoms with Gasteiger partial charge >= 0.3 is 6.18 Å². The number of aromatic amines is 1. The van der Waals surface area contributed by atoms with Crippen LogP contribution in [0.3, 0.4) is 0 Å². The molecular formula is C15H12F3N3O3S2. The molecule has 138 valence electrons. The van der Waals surface area contributed by atoms with E-state index in [1.54, 1.807) is 12.1 Å². The van der Waals surface area contributed by atoms with Crippen LogP contribution < -0.4 is 9.46 Å². The third kappa shape index (κ3) is 3.83. The summed E-state index contributed by atoms with van der Waals surface area (Å²) in [7, 11) is -2.38. The van der Waals surface area contributed by atoms with Crippen molar-refractivity contribution in [2.75, 3.05) is 11.8 Å². The van der Waals surface area contributed by atoms with Crippen molar-refractivity contribution in [3.63, 3.8) is 0 Å². The highest BCUT2D eigenvalue weighted by atomic mass is 32.2. The van der Waals surface area contributed by atoms with E-state index in [0.29, 0.717) is 16.3 Å². The predicted molar refractivity (Wildman–Crippen MR) is 90.7 cm³/mol. The number of aromatic nitrogens is 2. The number of H-pyrrole nitrogens is 1. The quantitative estimate of drug-likeness (QED) is 0.675. The molecule has 0 bridgehead atoms. The number of nitrogens with one attached hydrogen (secondary N) is 2. The smallest absolute Gasteiger partial charge is 0.432 e. The minimum absolute atomic E-state index is 0.0215. The third-order valence-corrected chi connectivity index (χ3v) is 6.31. The summed E-state index contributed by atoms with van der Waals surface area (Å²) < 4.78 is 70.1.